The van der Waals surface area contributed by atoms with E-state index in [1.807, 2.05) is 13.0 Å². The van der Waals surface area contributed by atoms with Crippen molar-refractivity contribution in [3.05, 3.63) is 94.6 Å². The Morgan fingerprint density at radius 3 is 2.03 bits per heavy atom. The maximum absolute atomic E-state index is 14.7. The van der Waals surface area contributed by atoms with E-state index in [0.29, 0.717) is 17.2 Å². The fourth-order valence-corrected chi connectivity index (χ4v) is 3.36. The Hall–Kier alpha value is -3.13. The summed E-state index contributed by atoms with van der Waals surface area (Å²) < 4.78 is 98.7. The summed E-state index contributed by atoms with van der Waals surface area (Å²) in [6, 6.07) is 13.1. The zero-order chi connectivity index (χ0) is 24.9. The fraction of sp³-hybridized carbons (Fsp3) is 0.231. The molecule has 0 aliphatic heterocycles. The molecule has 3 aromatic rings. The van der Waals surface area contributed by atoms with Crippen LogP contribution in [0.15, 0.2) is 60.7 Å². The Balaban J connectivity index is 1.78. The van der Waals surface area contributed by atoms with Crippen LogP contribution in [0, 0.1) is 11.6 Å². The number of benzene rings is 3. The van der Waals surface area contributed by atoms with Gasteiger partial charge in [-0.15, -0.1) is 0 Å². The van der Waals surface area contributed by atoms with Crippen LogP contribution in [-0.4, -0.2) is 12.8 Å². The number of rotatable bonds is 8. The number of hydrogen-bond donors (Lipinski definition) is 0. The first-order valence-corrected chi connectivity index (χ1v) is 10.5. The molecule has 0 aromatic heterocycles. The summed E-state index contributed by atoms with van der Waals surface area (Å²) in [5, 5.41) is 0. The van der Waals surface area contributed by atoms with E-state index < -0.39 is 48.2 Å². The van der Waals surface area contributed by atoms with Gasteiger partial charge < -0.3 is 4.74 Å². The highest BCUT2D eigenvalue weighted by molar-refractivity contribution is 5.83. The first-order valence-electron chi connectivity index (χ1n) is 10.5. The van der Waals surface area contributed by atoms with E-state index in [0.717, 1.165) is 30.5 Å². The smallest absolute Gasteiger partial charge is 0.367 e. The molecule has 0 aliphatic carbocycles. The third-order valence-electron chi connectivity index (χ3n) is 5.04. The SMILES string of the molecule is CCCc1ccc(-c2ccc(/C(F)=C(/F)c3ccc(COCC(F)(F)F)c(F)c3)cc2)c(F)c1. The van der Waals surface area contributed by atoms with E-state index >= 15 is 0 Å². The van der Waals surface area contributed by atoms with Gasteiger partial charge in [-0.3, -0.25) is 0 Å². The molecule has 0 N–H and O–H groups in total. The van der Waals surface area contributed by atoms with E-state index in [-0.39, 0.29) is 11.1 Å². The first-order chi connectivity index (χ1) is 16.1. The van der Waals surface area contributed by atoms with Crippen LogP contribution in [0.5, 0.6) is 0 Å². The van der Waals surface area contributed by atoms with Gasteiger partial charge in [0.15, 0.2) is 11.7 Å². The number of aryl methyl sites for hydroxylation is 1. The number of alkyl halides is 3. The van der Waals surface area contributed by atoms with Gasteiger partial charge in [0, 0.05) is 22.3 Å². The molecule has 0 radical (unpaired) electrons. The van der Waals surface area contributed by atoms with Gasteiger partial charge in [-0.25, -0.2) is 17.6 Å². The highest BCUT2D eigenvalue weighted by atomic mass is 19.4. The molecule has 0 atom stereocenters. The van der Waals surface area contributed by atoms with Crippen LogP contribution in [0.1, 0.15) is 35.6 Å². The maximum Gasteiger partial charge on any atom is 0.411 e. The second-order valence-corrected chi connectivity index (χ2v) is 7.68. The second-order valence-electron chi connectivity index (χ2n) is 7.68. The second kappa shape index (κ2) is 10.9. The van der Waals surface area contributed by atoms with Crippen molar-refractivity contribution in [1.29, 1.82) is 0 Å². The van der Waals surface area contributed by atoms with Gasteiger partial charge in [0.1, 0.15) is 18.2 Å². The van der Waals surface area contributed by atoms with Crippen LogP contribution in [-0.2, 0) is 17.8 Å². The zero-order valence-electron chi connectivity index (χ0n) is 18.2. The minimum absolute atomic E-state index is 0.137. The van der Waals surface area contributed by atoms with Crippen molar-refractivity contribution < 1.29 is 35.5 Å². The molecule has 1 nitrogen and oxygen atoms in total. The molecule has 8 heteroatoms. The Morgan fingerprint density at radius 2 is 1.44 bits per heavy atom. The molecule has 3 aromatic carbocycles. The van der Waals surface area contributed by atoms with Gasteiger partial charge in [-0.05, 0) is 29.7 Å². The average molecular weight is 482 g/mol. The molecule has 0 spiro atoms. The van der Waals surface area contributed by atoms with E-state index in [9.17, 15) is 30.7 Å². The Bertz CT molecular complexity index is 1160. The van der Waals surface area contributed by atoms with E-state index in [1.165, 1.54) is 30.3 Å². The molecule has 0 aliphatic rings. The molecule has 34 heavy (non-hydrogen) atoms. The predicted molar refractivity (Wildman–Crippen MR) is 117 cm³/mol. The minimum atomic E-state index is -4.56. The van der Waals surface area contributed by atoms with E-state index in [2.05, 4.69) is 4.74 Å². The van der Waals surface area contributed by atoms with Crippen molar-refractivity contribution in [3.8, 4) is 11.1 Å². The van der Waals surface area contributed by atoms with Gasteiger partial charge in [0.2, 0.25) is 0 Å². The Morgan fingerprint density at radius 1 is 0.794 bits per heavy atom. The van der Waals surface area contributed by atoms with Gasteiger partial charge in [0.05, 0.1) is 6.61 Å². The molecule has 0 bridgehead atoms. The lowest BCUT2D eigenvalue weighted by Gasteiger charge is -2.10. The molecule has 0 amide bonds. The topological polar surface area (TPSA) is 9.23 Å². The lowest BCUT2D eigenvalue weighted by atomic mass is 9.99. The van der Waals surface area contributed by atoms with Crippen molar-refractivity contribution in [3.63, 3.8) is 0 Å². The van der Waals surface area contributed by atoms with Crippen molar-refractivity contribution in [2.75, 3.05) is 6.61 Å². The lowest BCUT2D eigenvalue weighted by Crippen LogP contribution is -2.17. The summed E-state index contributed by atoms with van der Waals surface area (Å²) in [7, 11) is 0. The number of hydrogen-bond acceptors (Lipinski definition) is 1. The molecule has 180 valence electrons. The van der Waals surface area contributed by atoms with Crippen LogP contribution in [0.2, 0.25) is 0 Å². The number of halogens is 7. The normalized spacial score (nSPS) is 12.6. The van der Waals surface area contributed by atoms with Gasteiger partial charge in [-0.1, -0.05) is 61.9 Å². The molecular weight excluding hydrogens is 461 g/mol. The standard InChI is InChI=1S/C26H21F7O/c1-2-3-16-4-11-21(23(28)12-16)17-5-7-18(8-6-17)24(29)25(30)19-9-10-20(22(27)13-19)14-34-15-26(31,32)33/h4-13H,2-3,14-15H2,1H3/b25-24-. The van der Waals surface area contributed by atoms with Gasteiger partial charge in [-0.2, -0.15) is 13.2 Å². The summed E-state index contributed by atoms with van der Waals surface area (Å²) in [5.41, 5.74) is 0.881. The summed E-state index contributed by atoms with van der Waals surface area (Å²) >= 11 is 0. The summed E-state index contributed by atoms with van der Waals surface area (Å²) in [6.45, 7) is -0.238. The fourth-order valence-electron chi connectivity index (χ4n) is 3.36. The molecular formula is C26H21F7O. The Kier molecular flexibility index (Phi) is 8.15. The quantitative estimate of drug-likeness (QED) is 0.231. The molecule has 3 rings (SSSR count). The highest BCUT2D eigenvalue weighted by Crippen LogP contribution is 2.32. The van der Waals surface area contributed by atoms with Crippen LogP contribution < -0.4 is 0 Å². The van der Waals surface area contributed by atoms with Crippen LogP contribution >= 0.6 is 0 Å². The molecule has 0 saturated carbocycles. The highest BCUT2D eigenvalue weighted by Gasteiger charge is 2.27. The van der Waals surface area contributed by atoms with Gasteiger partial charge >= 0.3 is 6.18 Å². The molecule has 0 saturated heterocycles. The van der Waals surface area contributed by atoms with Crippen molar-refractivity contribution in [1.82, 2.24) is 0 Å². The Labute approximate surface area is 192 Å². The monoisotopic (exact) mass is 482 g/mol. The average Bonchev–Trinajstić information content (AvgIpc) is 2.79. The summed E-state index contributed by atoms with van der Waals surface area (Å²) in [5.74, 6) is -4.05. The van der Waals surface area contributed by atoms with Crippen LogP contribution in [0.4, 0.5) is 30.7 Å². The molecule has 0 fully saturated rings. The van der Waals surface area contributed by atoms with Gasteiger partial charge in [0.25, 0.3) is 0 Å². The zero-order valence-corrected chi connectivity index (χ0v) is 18.2. The lowest BCUT2D eigenvalue weighted by molar-refractivity contribution is -0.176. The summed E-state index contributed by atoms with van der Waals surface area (Å²) in [6.07, 6.45) is -2.94. The minimum Gasteiger partial charge on any atom is -0.367 e. The van der Waals surface area contributed by atoms with E-state index in [1.54, 1.807) is 6.07 Å². The van der Waals surface area contributed by atoms with Crippen LogP contribution in [0.3, 0.4) is 0 Å². The van der Waals surface area contributed by atoms with E-state index in [4.69, 9.17) is 0 Å². The maximum atomic E-state index is 14.7. The van der Waals surface area contributed by atoms with Crippen LogP contribution in [0.25, 0.3) is 22.8 Å². The third-order valence-corrected chi connectivity index (χ3v) is 5.04. The van der Waals surface area contributed by atoms with Crippen molar-refractivity contribution in [2.45, 2.75) is 32.5 Å². The molecule has 0 heterocycles. The first kappa shape index (κ1) is 25.5. The molecule has 0 unspecified atom stereocenters. The third kappa shape index (κ3) is 6.47. The van der Waals surface area contributed by atoms with Crippen molar-refractivity contribution in [2.24, 2.45) is 0 Å². The van der Waals surface area contributed by atoms with Crippen molar-refractivity contribution >= 4 is 11.7 Å². The number of ether oxygens (including phenoxy) is 1. The predicted octanol–water partition coefficient (Wildman–Crippen LogP) is 8.43. The summed E-state index contributed by atoms with van der Waals surface area (Å²) in [4.78, 5) is 0. The largest absolute Gasteiger partial charge is 0.411 e.